The summed E-state index contributed by atoms with van der Waals surface area (Å²) in [6, 6.07) is 5.50. The Kier molecular flexibility index (Phi) is 1.80. The lowest BCUT2D eigenvalue weighted by Crippen LogP contribution is -1.79. The van der Waals surface area contributed by atoms with Gasteiger partial charge in [-0.15, -0.1) is 0 Å². The summed E-state index contributed by atoms with van der Waals surface area (Å²) in [4.78, 5) is 7.97. The molecule has 0 aliphatic rings. The molecule has 2 aromatic heterocycles. The molecular weight excluding hydrogens is 176 g/mol. The largest absolute Gasteiger partial charge is 0.423 e. The summed E-state index contributed by atoms with van der Waals surface area (Å²) in [6.45, 7) is 0. The molecule has 0 unspecified atom stereocenters. The molecule has 0 aliphatic heterocycles. The third kappa shape index (κ3) is 1.31. The highest BCUT2D eigenvalue weighted by atomic mass is 35.5. The fourth-order valence-electron chi connectivity index (χ4n) is 0.862. The van der Waals surface area contributed by atoms with Crippen molar-refractivity contribution in [3.8, 4) is 11.6 Å². The van der Waals surface area contributed by atoms with Crippen molar-refractivity contribution in [2.24, 2.45) is 0 Å². The first-order chi connectivity index (χ1) is 5.86. The van der Waals surface area contributed by atoms with Crippen molar-refractivity contribution in [2.75, 3.05) is 0 Å². The van der Waals surface area contributed by atoms with Crippen LogP contribution in [0.1, 0.15) is 0 Å². The Hall–Kier alpha value is -1.35. The predicted molar refractivity (Wildman–Crippen MR) is 44.7 cm³/mol. The van der Waals surface area contributed by atoms with Gasteiger partial charge in [0.25, 0.3) is 0 Å². The van der Waals surface area contributed by atoms with Gasteiger partial charge in [0.05, 0.1) is 6.20 Å². The molecular formula is C8H5ClN2O. The number of nitrogens with zero attached hydrogens (tertiary/aromatic N) is 2. The summed E-state index contributed by atoms with van der Waals surface area (Å²) >= 11 is 5.55. The standard InChI is InChI=1S/C8H5ClN2O/c9-7-5-11-8(12-7)6-3-1-2-4-10-6/h1-5H. The highest BCUT2D eigenvalue weighted by Crippen LogP contribution is 2.18. The summed E-state index contributed by atoms with van der Waals surface area (Å²) in [6.07, 6.45) is 3.12. The summed E-state index contributed by atoms with van der Waals surface area (Å²) < 4.78 is 5.06. The normalized spacial score (nSPS) is 10.1. The molecule has 4 heteroatoms. The Morgan fingerprint density at radius 2 is 2.17 bits per heavy atom. The van der Waals surface area contributed by atoms with E-state index in [1.54, 1.807) is 6.20 Å². The summed E-state index contributed by atoms with van der Waals surface area (Å²) in [5, 5.41) is 0.274. The zero-order chi connectivity index (χ0) is 8.39. The van der Waals surface area contributed by atoms with E-state index in [1.165, 1.54) is 6.20 Å². The average Bonchev–Trinajstić information content (AvgIpc) is 2.54. The van der Waals surface area contributed by atoms with Crippen molar-refractivity contribution >= 4 is 11.6 Å². The third-order valence-corrected chi connectivity index (χ3v) is 1.54. The Labute approximate surface area is 74.0 Å². The molecule has 2 heterocycles. The van der Waals surface area contributed by atoms with Gasteiger partial charge in [0, 0.05) is 6.20 Å². The maximum Gasteiger partial charge on any atom is 0.246 e. The fourth-order valence-corrected chi connectivity index (χ4v) is 0.984. The molecule has 0 bridgehead atoms. The van der Waals surface area contributed by atoms with Crippen LogP contribution in [-0.4, -0.2) is 9.97 Å². The van der Waals surface area contributed by atoms with Gasteiger partial charge < -0.3 is 4.42 Å². The van der Waals surface area contributed by atoms with Crippen molar-refractivity contribution < 1.29 is 4.42 Å². The first-order valence-corrected chi connectivity index (χ1v) is 3.77. The van der Waals surface area contributed by atoms with Gasteiger partial charge in [0.1, 0.15) is 5.69 Å². The molecule has 0 saturated carbocycles. The molecule has 0 atom stereocenters. The van der Waals surface area contributed by atoms with Crippen molar-refractivity contribution in [1.82, 2.24) is 9.97 Å². The summed E-state index contributed by atoms with van der Waals surface area (Å²) in [7, 11) is 0. The number of oxazole rings is 1. The molecule has 0 aliphatic carbocycles. The second-order valence-electron chi connectivity index (χ2n) is 2.18. The molecule has 3 nitrogen and oxygen atoms in total. The zero-order valence-corrected chi connectivity index (χ0v) is 6.82. The maximum atomic E-state index is 5.55. The van der Waals surface area contributed by atoms with Crippen LogP contribution >= 0.6 is 11.6 Å². The molecule has 0 radical (unpaired) electrons. The maximum absolute atomic E-state index is 5.55. The third-order valence-electron chi connectivity index (χ3n) is 1.36. The molecule has 2 rings (SSSR count). The first-order valence-electron chi connectivity index (χ1n) is 3.39. The van der Waals surface area contributed by atoms with Gasteiger partial charge in [-0.05, 0) is 23.7 Å². The van der Waals surface area contributed by atoms with Crippen LogP contribution in [0.5, 0.6) is 0 Å². The molecule has 12 heavy (non-hydrogen) atoms. The van der Waals surface area contributed by atoms with E-state index in [9.17, 15) is 0 Å². The minimum absolute atomic E-state index is 0.274. The van der Waals surface area contributed by atoms with Crippen LogP contribution < -0.4 is 0 Å². The van der Waals surface area contributed by atoms with Crippen molar-refractivity contribution in [3.05, 3.63) is 35.8 Å². The SMILES string of the molecule is Clc1cnc(-c2ccccn2)o1. The molecule has 2 aromatic rings. The Morgan fingerprint density at radius 3 is 2.75 bits per heavy atom. The van der Waals surface area contributed by atoms with Crippen molar-refractivity contribution in [3.63, 3.8) is 0 Å². The van der Waals surface area contributed by atoms with Gasteiger partial charge in [-0.1, -0.05) is 6.07 Å². The summed E-state index contributed by atoms with van der Waals surface area (Å²) in [5.41, 5.74) is 0.685. The van der Waals surface area contributed by atoms with Gasteiger partial charge in [-0.25, -0.2) is 4.98 Å². The van der Waals surface area contributed by atoms with Gasteiger partial charge in [-0.2, -0.15) is 0 Å². The van der Waals surface area contributed by atoms with E-state index in [0.717, 1.165) is 0 Å². The van der Waals surface area contributed by atoms with E-state index in [1.807, 2.05) is 18.2 Å². The highest BCUT2D eigenvalue weighted by molar-refractivity contribution is 6.28. The molecule has 0 amide bonds. The first kappa shape index (κ1) is 7.31. The van der Waals surface area contributed by atoms with Gasteiger partial charge in [0.15, 0.2) is 0 Å². The van der Waals surface area contributed by atoms with Crippen LogP contribution in [0.25, 0.3) is 11.6 Å². The van der Waals surface area contributed by atoms with E-state index >= 15 is 0 Å². The topological polar surface area (TPSA) is 38.9 Å². The number of aromatic nitrogens is 2. The number of hydrogen-bond donors (Lipinski definition) is 0. The number of rotatable bonds is 1. The van der Waals surface area contributed by atoms with Crippen molar-refractivity contribution in [1.29, 1.82) is 0 Å². The quantitative estimate of drug-likeness (QED) is 0.677. The monoisotopic (exact) mass is 180 g/mol. The lowest BCUT2D eigenvalue weighted by molar-refractivity contribution is 0.574. The van der Waals surface area contributed by atoms with Crippen LogP contribution in [0.4, 0.5) is 0 Å². The van der Waals surface area contributed by atoms with E-state index in [-0.39, 0.29) is 5.22 Å². The molecule has 0 aromatic carbocycles. The lowest BCUT2D eigenvalue weighted by Gasteiger charge is -1.90. The van der Waals surface area contributed by atoms with Crippen molar-refractivity contribution in [2.45, 2.75) is 0 Å². The van der Waals surface area contributed by atoms with Crippen LogP contribution in [0.15, 0.2) is 35.0 Å². The Bertz CT molecular complexity index is 372. The second kappa shape index (κ2) is 2.95. The number of halogens is 1. The minimum Gasteiger partial charge on any atom is -0.423 e. The predicted octanol–water partition coefficient (Wildman–Crippen LogP) is 2.39. The van der Waals surface area contributed by atoms with Crippen LogP contribution in [-0.2, 0) is 0 Å². The highest BCUT2D eigenvalue weighted by Gasteiger charge is 2.04. The van der Waals surface area contributed by atoms with Crippen LogP contribution in [0.3, 0.4) is 0 Å². The Balaban J connectivity index is 2.45. The summed E-state index contributed by atoms with van der Waals surface area (Å²) in [5.74, 6) is 0.445. The van der Waals surface area contributed by atoms with Gasteiger partial charge in [0.2, 0.25) is 11.1 Å². The van der Waals surface area contributed by atoms with Crippen LogP contribution in [0, 0.1) is 0 Å². The molecule has 0 saturated heterocycles. The molecule has 60 valence electrons. The van der Waals surface area contributed by atoms with E-state index < -0.39 is 0 Å². The molecule has 0 N–H and O–H groups in total. The van der Waals surface area contributed by atoms with Crippen LogP contribution in [0.2, 0.25) is 5.22 Å². The lowest BCUT2D eigenvalue weighted by atomic mass is 10.3. The van der Waals surface area contributed by atoms with E-state index in [4.69, 9.17) is 16.0 Å². The second-order valence-corrected chi connectivity index (χ2v) is 2.56. The van der Waals surface area contributed by atoms with Gasteiger partial charge >= 0.3 is 0 Å². The van der Waals surface area contributed by atoms with E-state index in [0.29, 0.717) is 11.6 Å². The Morgan fingerprint density at radius 1 is 1.25 bits per heavy atom. The van der Waals surface area contributed by atoms with E-state index in [2.05, 4.69) is 9.97 Å². The zero-order valence-electron chi connectivity index (χ0n) is 6.07. The van der Waals surface area contributed by atoms with Gasteiger partial charge in [-0.3, -0.25) is 4.98 Å². The number of hydrogen-bond acceptors (Lipinski definition) is 3. The molecule has 0 fully saturated rings. The average molecular weight is 181 g/mol. The minimum atomic E-state index is 0.274. The number of pyridine rings is 1. The molecule has 0 spiro atoms. The smallest absolute Gasteiger partial charge is 0.246 e. The fraction of sp³-hybridized carbons (Fsp3) is 0.